The van der Waals surface area contributed by atoms with Crippen molar-refractivity contribution in [2.45, 2.75) is 161 Å². The molecule has 0 spiro atoms. The molecule has 3 saturated carbocycles. The van der Waals surface area contributed by atoms with Gasteiger partial charge in [-0.25, -0.2) is 0 Å². The summed E-state index contributed by atoms with van der Waals surface area (Å²) in [6.07, 6.45) is 9.76. The predicted octanol–water partition coefficient (Wildman–Crippen LogP) is 0.506. The fourth-order valence-corrected chi connectivity index (χ4v) is 7.43. The third kappa shape index (κ3) is 12.4. The first-order valence-electron chi connectivity index (χ1n) is 19.1. The van der Waals surface area contributed by atoms with E-state index in [2.05, 4.69) is 47.4 Å². The van der Waals surface area contributed by atoms with Crippen molar-refractivity contribution in [3.05, 3.63) is 0 Å². The summed E-state index contributed by atoms with van der Waals surface area (Å²) < 4.78 is 12.3. The van der Waals surface area contributed by atoms with Gasteiger partial charge in [0.2, 0.25) is 29.5 Å². The Bertz CT molecular complexity index is 1180. The molecule has 0 aromatic heterocycles. The summed E-state index contributed by atoms with van der Waals surface area (Å²) in [4.78, 5) is 64.3. The van der Waals surface area contributed by atoms with Crippen molar-refractivity contribution in [1.29, 1.82) is 0 Å². The average Bonchev–Trinajstić information content (AvgIpc) is 3.53. The van der Waals surface area contributed by atoms with E-state index in [1.54, 1.807) is 0 Å². The van der Waals surface area contributed by atoms with E-state index in [1.807, 2.05) is 0 Å². The molecule has 290 valence electrons. The Morgan fingerprint density at radius 2 is 1.53 bits per heavy atom. The minimum atomic E-state index is -1.39. The van der Waals surface area contributed by atoms with Crippen molar-refractivity contribution in [3.8, 4) is 0 Å². The quantitative estimate of drug-likeness (QED) is 0.0413. The van der Waals surface area contributed by atoms with E-state index in [0.717, 1.165) is 38.5 Å². The van der Waals surface area contributed by atoms with Gasteiger partial charge in [-0.15, -0.1) is 0 Å². The van der Waals surface area contributed by atoms with Crippen LogP contribution in [-0.2, 0) is 33.3 Å². The second-order valence-electron chi connectivity index (χ2n) is 15.3. The van der Waals surface area contributed by atoms with Crippen LogP contribution in [0.1, 0.15) is 118 Å². The molecular formula is C35H64BN7O8. The standard InChI is InChI=1S/C35H64BN7O8/c1-6-7-8-9-10-11-12-16-27(45)39-20-28(46)42-29(22(3)44)33(49)40-21(2)31(47)41-25(15-13-14-17-37)32(48)43-34(38)36-50-26-19-23-18-24(30(26)51-36)35(23,4)5/h21-26,29-30,34,44H,6-20,37-38H2,1-5H3,(H,39,45)(H,40,49)(H,41,47)(H,42,46)(H,43,48)/t21-,22+,23-,24+,25-,26+,29-,30?,34+/m0/s1. The van der Waals surface area contributed by atoms with Crippen molar-refractivity contribution in [3.63, 3.8) is 0 Å². The zero-order valence-corrected chi connectivity index (χ0v) is 31.3. The number of aliphatic hydroxyl groups excluding tert-OH is 1. The topological polar surface area (TPSA) is 236 Å². The van der Waals surface area contributed by atoms with Crippen LogP contribution < -0.4 is 38.1 Å². The third-order valence-electron chi connectivity index (χ3n) is 10.9. The first-order chi connectivity index (χ1) is 24.2. The third-order valence-corrected chi connectivity index (χ3v) is 10.9. The molecule has 2 bridgehead atoms. The van der Waals surface area contributed by atoms with Crippen LogP contribution in [0.25, 0.3) is 0 Å². The van der Waals surface area contributed by atoms with Crippen molar-refractivity contribution < 1.29 is 38.4 Å². The lowest BCUT2D eigenvalue weighted by Gasteiger charge is -2.60. The molecule has 4 aliphatic rings. The summed E-state index contributed by atoms with van der Waals surface area (Å²) in [7, 11) is -0.816. The highest BCUT2D eigenvalue weighted by atomic mass is 16.7. The highest BCUT2D eigenvalue weighted by molar-refractivity contribution is 6.47. The van der Waals surface area contributed by atoms with Crippen LogP contribution in [0.15, 0.2) is 0 Å². The van der Waals surface area contributed by atoms with Crippen molar-refractivity contribution in [1.82, 2.24) is 26.6 Å². The zero-order chi connectivity index (χ0) is 37.7. The number of nitrogens with two attached hydrogens (primary N) is 2. The van der Waals surface area contributed by atoms with E-state index in [1.165, 1.54) is 33.1 Å². The molecule has 10 N–H and O–H groups in total. The molecule has 4 rings (SSSR count). The van der Waals surface area contributed by atoms with Crippen LogP contribution in [0.4, 0.5) is 0 Å². The van der Waals surface area contributed by atoms with Gasteiger partial charge in [-0.1, -0.05) is 59.3 Å². The molecule has 1 unspecified atom stereocenters. The Morgan fingerprint density at radius 3 is 2.18 bits per heavy atom. The number of amides is 5. The summed E-state index contributed by atoms with van der Waals surface area (Å²) in [6.45, 7) is 9.46. The molecule has 4 fully saturated rings. The van der Waals surface area contributed by atoms with E-state index < -0.39 is 61.0 Å². The Hall–Kier alpha value is -2.79. The minimum Gasteiger partial charge on any atom is -0.403 e. The first-order valence-corrected chi connectivity index (χ1v) is 19.1. The highest BCUT2D eigenvalue weighted by Crippen LogP contribution is 2.61. The lowest BCUT2D eigenvalue weighted by Crippen LogP contribution is -2.61. The number of aliphatic hydroxyl groups is 1. The number of carbonyl (C=O) groups excluding carboxylic acids is 5. The largest absolute Gasteiger partial charge is 0.496 e. The minimum absolute atomic E-state index is 0.0621. The molecule has 1 aliphatic heterocycles. The number of hydrogen-bond acceptors (Lipinski definition) is 10. The molecule has 0 aromatic rings. The Balaban J connectivity index is 1.46. The summed E-state index contributed by atoms with van der Waals surface area (Å²) in [5.41, 5.74) is 12.2. The Morgan fingerprint density at radius 1 is 0.843 bits per heavy atom. The van der Waals surface area contributed by atoms with Crippen LogP contribution in [-0.4, -0.2) is 97.4 Å². The van der Waals surface area contributed by atoms with Gasteiger partial charge in [0.25, 0.3) is 0 Å². The van der Waals surface area contributed by atoms with Crippen molar-refractivity contribution in [2.75, 3.05) is 13.1 Å². The van der Waals surface area contributed by atoms with Crippen LogP contribution >= 0.6 is 0 Å². The van der Waals surface area contributed by atoms with Crippen LogP contribution in [0, 0.1) is 17.3 Å². The number of nitrogens with one attached hydrogen (secondary N) is 5. The highest BCUT2D eigenvalue weighted by Gasteiger charge is 2.62. The van der Waals surface area contributed by atoms with Crippen LogP contribution in [0.3, 0.4) is 0 Å². The molecule has 0 radical (unpaired) electrons. The molecule has 5 amide bonds. The van der Waals surface area contributed by atoms with Gasteiger partial charge in [-0.2, -0.15) is 0 Å². The van der Waals surface area contributed by atoms with E-state index >= 15 is 0 Å². The predicted molar refractivity (Wildman–Crippen MR) is 193 cm³/mol. The lowest BCUT2D eigenvalue weighted by atomic mass is 9.47. The molecule has 0 aromatic carbocycles. The zero-order valence-electron chi connectivity index (χ0n) is 31.3. The monoisotopic (exact) mass is 721 g/mol. The van der Waals surface area contributed by atoms with E-state index in [9.17, 15) is 29.1 Å². The van der Waals surface area contributed by atoms with E-state index in [0.29, 0.717) is 37.6 Å². The van der Waals surface area contributed by atoms with Crippen LogP contribution in [0.2, 0.25) is 0 Å². The van der Waals surface area contributed by atoms with Crippen molar-refractivity contribution >= 4 is 36.7 Å². The second kappa shape index (κ2) is 20.5. The second-order valence-corrected chi connectivity index (χ2v) is 15.3. The average molecular weight is 722 g/mol. The molecule has 16 heteroatoms. The molecular weight excluding hydrogens is 657 g/mol. The summed E-state index contributed by atoms with van der Waals surface area (Å²) in [5, 5.41) is 23.1. The van der Waals surface area contributed by atoms with E-state index in [4.69, 9.17) is 20.8 Å². The van der Waals surface area contributed by atoms with E-state index in [-0.39, 0.29) is 36.5 Å². The number of rotatable bonds is 23. The summed E-state index contributed by atoms with van der Waals surface area (Å²) >= 11 is 0. The fraction of sp³-hybridized carbons (Fsp3) is 0.857. The molecule has 51 heavy (non-hydrogen) atoms. The summed E-state index contributed by atoms with van der Waals surface area (Å²) in [5.74, 6) is -1.97. The van der Waals surface area contributed by atoms with Gasteiger partial charge in [0, 0.05) is 6.42 Å². The van der Waals surface area contributed by atoms with Gasteiger partial charge in [0.15, 0.2) is 0 Å². The normalized spacial score (nSPS) is 24.5. The van der Waals surface area contributed by atoms with Gasteiger partial charge in [-0.05, 0) is 76.2 Å². The fourth-order valence-electron chi connectivity index (χ4n) is 7.43. The molecule has 15 nitrogen and oxygen atoms in total. The first kappa shape index (κ1) is 42.6. The molecule has 3 aliphatic carbocycles. The van der Waals surface area contributed by atoms with Crippen molar-refractivity contribution in [2.24, 2.45) is 28.7 Å². The molecule has 9 atom stereocenters. The number of hydrogen-bond donors (Lipinski definition) is 8. The number of unbranched alkanes of at least 4 members (excludes halogenated alkanes) is 7. The van der Waals surface area contributed by atoms with Gasteiger partial charge >= 0.3 is 7.12 Å². The Kier molecular flexibility index (Phi) is 17.1. The maximum absolute atomic E-state index is 13.4. The number of carbonyl (C=O) groups is 5. The van der Waals surface area contributed by atoms with Gasteiger partial charge in [0.05, 0.1) is 24.9 Å². The molecule has 1 saturated heterocycles. The SMILES string of the molecule is CCCCCCCCCC(=O)NCC(=O)N[C@H](C(=O)N[C@@H](C)C(=O)N[C@@H](CCCCN)C(=O)N[C@@H](N)B1OC2[C@H]3C[C@@H](C[C@H]2O1)C3(C)C)[C@@H](C)O. The lowest BCUT2D eigenvalue weighted by molar-refractivity contribution is -0.150. The molecule has 1 heterocycles. The Labute approximate surface area is 303 Å². The van der Waals surface area contributed by atoms with Crippen LogP contribution in [0.5, 0.6) is 0 Å². The van der Waals surface area contributed by atoms with Gasteiger partial charge in [0.1, 0.15) is 24.2 Å². The van der Waals surface area contributed by atoms with Gasteiger partial charge in [-0.3, -0.25) is 24.0 Å². The maximum Gasteiger partial charge on any atom is 0.496 e. The van der Waals surface area contributed by atoms with Gasteiger partial charge < -0.3 is 52.5 Å². The maximum atomic E-state index is 13.4. The smallest absolute Gasteiger partial charge is 0.403 e. The summed E-state index contributed by atoms with van der Waals surface area (Å²) in [6, 6.07) is -4.46.